The zero-order valence-corrected chi connectivity index (χ0v) is 13.6. The Labute approximate surface area is 133 Å². The molecule has 120 valence electrons. The second kappa shape index (κ2) is 5.58. The Morgan fingerprint density at radius 1 is 1.36 bits per heavy atom. The number of alkyl halides is 3. The number of sulfone groups is 1. The first kappa shape index (κ1) is 16.8. The number of nitrogens with zero attached hydrogens (tertiary/aromatic N) is 2. The molecule has 0 spiro atoms. The molecule has 0 bridgehead atoms. The Kier molecular flexibility index (Phi) is 4.26. The quantitative estimate of drug-likeness (QED) is 0.863. The minimum absolute atomic E-state index is 0.0296. The predicted octanol–water partition coefficient (Wildman–Crippen LogP) is 3.03. The van der Waals surface area contributed by atoms with Gasteiger partial charge in [0.2, 0.25) is 0 Å². The van der Waals surface area contributed by atoms with Crippen LogP contribution in [-0.2, 0) is 16.0 Å². The second-order valence-corrected chi connectivity index (χ2v) is 7.47. The third kappa shape index (κ3) is 2.98. The van der Waals surface area contributed by atoms with E-state index in [1.807, 2.05) is 0 Å². The van der Waals surface area contributed by atoms with Crippen LogP contribution >= 0.6 is 15.9 Å². The maximum absolute atomic E-state index is 12.8. The molecule has 0 aliphatic carbocycles. The van der Waals surface area contributed by atoms with Gasteiger partial charge in [0.1, 0.15) is 5.82 Å². The van der Waals surface area contributed by atoms with Gasteiger partial charge in [-0.2, -0.15) is 18.3 Å². The summed E-state index contributed by atoms with van der Waals surface area (Å²) in [6.45, 7) is 1.35. The van der Waals surface area contributed by atoms with Crippen LogP contribution in [0.5, 0.6) is 0 Å². The Hall–Kier alpha value is -1.55. The standard InChI is InChI=1S/C12H11BrF3N3O2S/c1-2-22(20,21)10-5-7(12(14,15)16)3-4-9(10)19-11(17)8(13)6-18-19/h3-6H,2,17H2,1H3. The van der Waals surface area contributed by atoms with Gasteiger partial charge in [-0.15, -0.1) is 0 Å². The summed E-state index contributed by atoms with van der Waals surface area (Å²) < 4.78 is 64.2. The molecular weight excluding hydrogens is 387 g/mol. The Morgan fingerprint density at radius 2 is 2.00 bits per heavy atom. The topological polar surface area (TPSA) is 78.0 Å². The van der Waals surface area contributed by atoms with E-state index in [0.717, 1.165) is 16.8 Å². The summed E-state index contributed by atoms with van der Waals surface area (Å²) in [4.78, 5) is -0.466. The molecule has 2 rings (SSSR count). The van der Waals surface area contributed by atoms with Gasteiger partial charge >= 0.3 is 6.18 Å². The third-order valence-electron chi connectivity index (χ3n) is 2.99. The number of hydrogen-bond donors (Lipinski definition) is 1. The van der Waals surface area contributed by atoms with E-state index < -0.39 is 26.5 Å². The van der Waals surface area contributed by atoms with Gasteiger partial charge in [-0.3, -0.25) is 0 Å². The number of anilines is 1. The van der Waals surface area contributed by atoms with Crippen molar-refractivity contribution in [3.63, 3.8) is 0 Å². The third-order valence-corrected chi connectivity index (χ3v) is 5.36. The maximum atomic E-state index is 12.8. The highest BCUT2D eigenvalue weighted by Crippen LogP contribution is 2.34. The highest BCUT2D eigenvalue weighted by atomic mass is 79.9. The van der Waals surface area contributed by atoms with Gasteiger partial charge in [-0.05, 0) is 34.1 Å². The summed E-state index contributed by atoms with van der Waals surface area (Å²) in [6.07, 6.45) is -3.32. The molecule has 0 radical (unpaired) electrons. The van der Waals surface area contributed by atoms with Crippen molar-refractivity contribution in [1.82, 2.24) is 9.78 Å². The van der Waals surface area contributed by atoms with Crippen LogP contribution in [-0.4, -0.2) is 24.0 Å². The molecule has 0 aliphatic rings. The van der Waals surface area contributed by atoms with Crippen LogP contribution < -0.4 is 5.73 Å². The summed E-state index contributed by atoms with van der Waals surface area (Å²) in [5.74, 6) is -0.253. The number of rotatable bonds is 3. The van der Waals surface area contributed by atoms with Crippen molar-refractivity contribution in [2.45, 2.75) is 18.0 Å². The molecule has 2 N–H and O–H groups in total. The molecule has 0 aliphatic heterocycles. The van der Waals surface area contributed by atoms with Crippen molar-refractivity contribution in [2.24, 2.45) is 0 Å². The smallest absolute Gasteiger partial charge is 0.383 e. The molecular formula is C12H11BrF3N3O2S. The highest BCUT2D eigenvalue weighted by Gasteiger charge is 2.33. The van der Waals surface area contributed by atoms with E-state index in [1.165, 1.54) is 13.1 Å². The van der Waals surface area contributed by atoms with Gasteiger partial charge in [0.15, 0.2) is 9.84 Å². The molecule has 0 saturated carbocycles. The molecule has 22 heavy (non-hydrogen) atoms. The van der Waals surface area contributed by atoms with Gasteiger partial charge in [-0.25, -0.2) is 13.1 Å². The molecule has 0 fully saturated rings. The molecule has 10 heteroatoms. The molecule has 2 aromatic rings. The van der Waals surface area contributed by atoms with Crippen molar-refractivity contribution in [1.29, 1.82) is 0 Å². The number of halogens is 4. The lowest BCUT2D eigenvalue weighted by Gasteiger charge is -2.14. The predicted molar refractivity (Wildman–Crippen MR) is 78.4 cm³/mol. The van der Waals surface area contributed by atoms with Gasteiger partial charge < -0.3 is 5.73 Å². The fourth-order valence-corrected chi connectivity index (χ4v) is 3.15. The van der Waals surface area contributed by atoms with Crippen LogP contribution in [0.3, 0.4) is 0 Å². The first-order chi connectivity index (χ1) is 10.1. The maximum Gasteiger partial charge on any atom is 0.416 e. The second-order valence-electron chi connectivity index (χ2n) is 4.37. The van der Waals surface area contributed by atoms with Crippen LogP contribution in [0.4, 0.5) is 19.0 Å². The lowest BCUT2D eigenvalue weighted by atomic mass is 10.2. The van der Waals surface area contributed by atoms with Gasteiger partial charge in [0, 0.05) is 0 Å². The lowest BCUT2D eigenvalue weighted by molar-refractivity contribution is -0.137. The zero-order chi connectivity index (χ0) is 16.7. The van der Waals surface area contributed by atoms with Gasteiger partial charge in [0.05, 0.1) is 32.6 Å². The first-order valence-electron chi connectivity index (χ1n) is 6.01. The minimum atomic E-state index is -4.65. The molecule has 1 aromatic carbocycles. The van der Waals surface area contributed by atoms with Crippen LogP contribution in [0.1, 0.15) is 12.5 Å². The fraction of sp³-hybridized carbons (Fsp3) is 0.250. The van der Waals surface area contributed by atoms with E-state index in [0.29, 0.717) is 10.5 Å². The van der Waals surface area contributed by atoms with Gasteiger partial charge in [0.25, 0.3) is 0 Å². The largest absolute Gasteiger partial charge is 0.416 e. The van der Waals surface area contributed by atoms with Gasteiger partial charge in [-0.1, -0.05) is 6.92 Å². The summed E-state index contributed by atoms with van der Waals surface area (Å²) in [7, 11) is -3.90. The Bertz CT molecular complexity index is 816. The zero-order valence-electron chi connectivity index (χ0n) is 11.2. The molecule has 0 amide bonds. The summed E-state index contributed by atoms with van der Waals surface area (Å²) >= 11 is 3.11. The van der Waals surface area contributed by atoms with E-state index in [4.69, 9.17) is 5.73 Å². The minimum Gasteiger partial charge on any atom is -0.383 e. The number of nitrogens with two attached hydrogens (primary N) is 1. The molecule has 1 heterocycles. The highest BCUT2D eigenvalue weighted by molar-refractivity contribution is 9.10. The van der Waals surface area contributed by atoms with E-state index in [2.05, 4.69) is 21.0 Å². The number of aromatic nitrogens is 2. The summed E-state index contributed by atoms with van der Waals surface area (Å²) in [6, 6.07) is 2.43. The van der Waals surface area contributed by atoms with Crippen LogP contribution in [0.25, 0.3) is 5.69 Å². The first-order valence-corrected chi connectivity index (χ1v) is 8.46. The molecule has 0 unspecified atom stereocenters. The summed E-state index contributed by atoms with van der Waals surface area (Å²) in [5, 5.41) is 3.88. The van der Waals surface area contributed by atoms with E-state index >= 15 is 0 Å². The van der Waals surface area contributed by atoms with E-state index in [1.54, 1.807) is 0 Å². The lowest BCUT2D eigenvalue weighted by Crippen LogP contribution is -2.14. The van der Waals surface area contributed by atoms with Crippen LogP contribution in [0.2, 0.25) is 0 Å². The number of benzene rings is 1. The molecule has 0 saturated heterocycles. The molecule has 0 atom stereocenters. The summed E-state index contributed by atoms with van der Waals surface area (Å²) in [5.41, 5.74) is 4.67. The van der Waals surface area contributed by atoms with Crippen LogP contribution in [0.15, 0.2) is 33.8 Å². The average molecular weight is 398 g/mol. The molecule has 1 aromatic heterocycles. The number of hydrogen-bond acceptors (Lipinski definition) is 4. The van der Waals surface area contributed by atoms with Crippen molar-refractivity contribution in [3.05, 3.63) is 34.4 Å². The van der Waals surface area contributed by atoms with E-state index in [-0.39, 0.29) is 17.3 Å². The van der Waals surface area contributed by atoms with E-state index in [9.17, 15) is 21.6 Å². The normalized spacial score (nSPS) is 12.6. The van der Waals surface area contributed by atoms with Crippen LogP contribution in [0, 0.1) is 0 Å². The molecule has 5 nitrogen and oxygen atoms in total. The fourth-order valence-electron chi connectivity index (χ4n) is 1.80. The van der Waals surface area contributed by atoms with Crippen molar-refractivity contribution in [3.8, 4) is 5.69 Å². The van der Waals surface area contributed by atoms with Crippen molar-refractivity contribution >= 4 is 31.6 Å². The Morgan fingerprint density at radius 3 is 2.45 bits per heavy atom. The Balaban J connectivity index is 2.78. The average Bonchev–Trinajstić information content (AvgIpc) is 2.77. The van der Waals surface area contributed by atoms with Crippen molar-refractivity contribution in [2.75, 3.05) is 11.5 Å². The van der Waals surface area contributed by atoms with Crippen molar-refractivity contribution < 1.29 is 21.6 Å². The SMILES string of the molecule is CCS(=O)(=O)c1cc(C(F)(F)F)ccc1-n1ncc(Br)c1N. The number of nitrogen functional groups attached to an aromatic ring is 1. The monoisotopic (exact) mass is 397 g/mol.